The van der Waals surface area contributed by atoms with Crippen molar-refractivity contribution in [3.63, 3.8) is 0 Å². The zero-order valence-electron chi connectivity index (χ0n) is 25.0. The number of aliphatic hydroxyl groups excluding tert-OH is 1. The van der Waals surface area contributed by atoms with Gasteiger partial charge in [-0.15, -0.1) is 10.2 Å². The number of halogens is 1. The molecule has 0 aliphatic carbocycles. The largest absolute Gasteiger partial charge is 0.507 e. The van der Waals surface area contributed by atoms with E-state index in [0.717, 1.165) is 12.0 Å². The normalized spacial score (nSPS) is 15.8. The lowest BCUT2D eigenvalue weighted by atomic mass is 9.95. The number of carbonyl (C=O) groups is 2. The summed E-state index contributed by atoms with van der Waals surface area (Å²) in [6.45, 7) is 7.09. The van der Waals surface area contributed by atoms with Crippen LogP contribution in [0.2, 0.25) is 5.02 Å². The summed E-state index contributed by atoms with van der Waals surface area (Å²) in [5.41, 5.74) is 1.76. The summed E-state index contributed by atoms with van der Waals surface area (Å²) in [4.78, 5) is 28.7. The number of hydrogen-bond acceptors (Lipinski definition) is 10. The second kappa shape index (κ2) is 14.8. The van der Waals surface area contributed by atoms with Crippen LogP contribution in [-0.4, -0.2) is 46.8 Å². The second-order valence-corrected chi connectivity index (χ2v) is 12.4. The molecular formula is C33H32ClN3O6S2. The van der Waals surface area contributed by atoms with Gasteiger partial charge in [0.05, 0.1) is 31.4 Å². The van der Waals surface area contributed by atoms with Crippen LogP contribution in [0.15, 0.2) is 76.6 Å². The number of ketones is 1. The number of nitrogens with zero attached hydrogens (tertiary/aromatic N) is 3. The first-order valence-electron chi connectivity index (χ1n) is 14.5. The third-order valence-corrected chi connectivity index (χ3v) is 9.31. The van der Waals surface area contributed by atoms with Crippen LogP contribution < -0.4 is 19.1 Å². The number of benzene rings is 3. The number of anilines is 1. The molecule has 1 amide bonds. The van der Waals surface area contributed by atoms with Gasteiger partial charge in [-0.2, -0.15) is 0 Å². The van der Waals surface area contributed by atoms with Crippen molar-refractivity contribution >= 4 is 57.3 Å². The van der Waals surface area contributed by atoms with E-state index in [0.29, 0.717) is 63.3 Å². The van der Waals surface area contributed by atoms with Gasteiger partial charge in [-0.25, -0.2) is 0 Å². The molecule has 1 atom stereocenters. The first kappa shape index (κ1) is 32.3. The highest BCUT2D eigenvalue weighted by atomic mass is 35.5. The predicted molar refractivity (Wildman–Crippen MR) is 177 cm³/mol. The summed E-state index contributed by atoms with van der Waals surface area (Å²) in [6, 6.07) is 18.4. The van der Waals surface area contributed by atoms with E-state index in [1.165, 1.54) is 28.0 Å². The summed E-state index contributed by atoms with van der Waals surface area (Å²) in [6.07, 6.45) is 0.809. The lowest BCUT2D eigenvalue weighted by molar-refractivity contribution is -0.132. The fourth-order valence-corrected chi connectivity index (χ4v) is 6.94. The average Bonchev–Trinajstić information content (AvgIpc) is 3.62. The molecule has 1 aliphatic heterocycles. The Morgan fingerprint density at radius 2 is 1.71 bits per heavy atom. The van der Waals surface area contributed by atoms with Crippen LogP contribution in [0.3, 0.4) is 0 Å². The smallest absolute Gasteiger partial charge is 0.301 e. The van der Waals surface area contributed by atoms with Crippen molar-refractivity contribution in [3.05, 3.63) is 94.0 Å². The third-order valence-electron chi connectivity index (χ3n) is 6.84. The highest BCUT2D eigenvalue weighted by Gasteiger charge is 2.48. The van der Waals surface area contributed by atoms with Gasteiger partial charge in [0.1, 0.15) is 11.5 Å². The second-order valence-electron chi connectivity index (χ2n) is 9.84. The minimum atomic E-state index is -1.01. The van der Waals surface area contributed by atoms with E-state index < -0.39 is 17.7 Å². The van der Waals surface area contributed by atoms with E-state index >= 15 is 0 Å². The van der Waals surface area contributed by atoms with Crippen LogP contribution >= 0.6 is 34.7 Å². The van der Waals surface area contributed by atoms with E-state index in [9.17, 15) is 14.7 Å². The number of aliphatic hydroxyl groups is 1. The summed E-state index contributed by atoms with van der Waals surface area (Å²) >= 11 is 8.93. The van der Waals surface area contributed by atoms with Crippen molar-refractivity contribution in [2.75, 3.05) is 24.7 Å². The molecule has 1 fully saturated rings. The number of carbonyl (C=O) groups excluding carboxylic acids is 2. The Balaban J connectivity index is 1.57. The van der Waals surface area contributed by atoms with Gasteiger partial charge in [-0.3, -0.25) is 14.5 Å². The van der Waals surface area contributed by atoms with Gasteiger partial charge in [-0.05, 0) is 73.9 Å². The molecule has 0 bridgehead atoms. The molecule has 9 nitrogen and oxygen atoms in total. The Bertz CT molecular complexity index is 1710. The molecule has 5 rings (SSSR count). The lowest BCUT2D eigenvalue weighted by Gasteiger charge is -2.23. The molecule has 0 radical (unpaired) electrons. The summed E-state index contributed by atoms with van der Waals surface area (Å²) < 4.78 is 17.9. The van der Waals surface area contributed by atoms with Gasteiger partial charge in [-0.1, -0.05) is 65.9 Å². The molecule has 234 valence electrons. The number of rotatable bonds is 13. The SMILES string of the molecule is CCCOc1ccc(C2/C(=C(\O)c3ccc(OCC)cc3)C(=O)C(=O)N2c2nnc(SCc3ccccc3Cl)s2)cc1OCC. The number of amides is 1. The number of ether oxygens (including phenoxy) is 3. The zero-order chi connectivity index (χ0) is 31.9. The van der Waals surface area contributed by atoms with Crippen LogP contribution in [0, 0.1) is 0 Å². The van der Waals surface area contributed by atoms with Crippen molar-refractivity contribution in [1.29, 1.82) is 0 Å². The Kier molecular flexibility index (Phi) is 10.6. The summed E-state index contributed by atoms with van der Waals surface area (Å²) in [5.74, 6) is 0.192. The monoisotopic (exact) mass is 665 g/mol. The maximum atomic E-state index is 13.7. The molecule has 45 heavy (non-hydrogen) atoms. The lowest BCUT2D eigenvalue weighted by Crippen LogP contribution is -2.29. The molecule has 2 heterocycles. The summed E-state index contributed by atoms with van der Waals surface area (Å²) in [5, 5.41) is 21.0. The molecule has 0 saturated carbocycles. The maximum absolute atomic E-state index is 13.7. The highest BCUT2D eigenvalue weighted by Crippen LogP contribution is 2.46. The molecule has 4 aromatic rings. The van der Waals surface area contributed by atoms with Crippen LogP contribution in [0.5, 0.6) is 17.2 Å². The molecule has 3 aromatic carbocycles. The highest BCUT2D eigenvalue weighted by molar-refractivity contribution is 8.00. The van der Waals surface area contributed by atoms with E-state index in [1.807, 2.05) is 45.0 Å². The van der Waals surface area contributed by atoms with Gasteiger partial charge in [0.2, 0.25) is 5.13 Å². The minimum Gasteiger partial charge on any atom is -0.507 e. The van der Waals surface area contributed by atoms with Crippen molar-refractivity contribution in [1.82, 2.24) is 10.2 Å². The predicted octanol–water partition coefficient (Wildman–Crippen LogP) is 7.70. The van der Waals surface area contributed by atoms with Gasteiger partial charge in [0.25, 0.3) is 5.78 Å². The van der Waals surface area contributed by atoms with E-state index in [2.05, 4.69) is 10.2 Å². The molecule has 12 heteroatoms. The van der Waals surface area contributed by atoms with Gasteiger partial charge in [0.15, 0.2) is 15.8 Å². The first-order chi connectivity index (χ1) is 21.9. The molecule has 0 spiro atoms. The quantitative estimate of drug-likeness (QED) is 0.0505. The maximum Gasteiger partial charge on any atom is 0.301 e. The standard InChI is InChI=1S/C33H32ClN3O6S2/c1-4-17-43-25-16-13-21(18-26(25)42-6-3)28-27(29(38)20-11-14-23(15-12-20)41-5-2)30(39)31(40)37(28)32-35-36-33(45-32)44-19-22-9-7-8-10-24(22)34/h7-16,18,28,38H,4-6,17,19H2,1-3H3/b29-27+. The van der Waals surface area contributed by atoms with Crippen LogP contribution in [0.1, 0.15) is 49.9 Å². The summed E-state index contributed by atoms with van der Waals surface area (Å²) in [7, 11) is 0. The van der Waals surface area contributed by atoms with Gasteiger partial charge >= 0.3 is 5.91 Å². The third kappa shape index (κ3) is 7.11. The Morgan fingerprint density at radius 3 is 2.42 bits per heavy atom. The van der Waals surface area contributed by atoms with Crippen molar-refractivity contribution in [2.24, 2.45) is 0 Å². The van der Waals surface area contributed by atoms with Crippen LogP contribution in [-0.2, 0) is 15.3 Å². The Labute approximate surface area is 274 Å². The average molecular weight is 666 g/mol. The zero-order valence-corrected chi connectivity index (χ0v) is 27.4. The van der Waals surface area contributed by atoms with Crippen LogP contribution in [0.4, 0.5) is 5.13 Å². The van der Waals surface area contributed by atoms with Crippen molar-refractivity contribution < 1.29 is 28.9 Å². The van der Waals surface area contributed by atoms with Crippen LogP contribution in [0.25, 0.3) is 5.76 Å². The topological polar surface area (TPSA) is 111 Å². The minimum absolute atomic E-state index is 0.0747. The molecule has 1 aliphatic rings. The number of aromatic nitrogens is 2. The molecule has 1 saturated heterocycles. The molecular weight excluding hydrogens is 634 g/mol. The number of thioether (sulfide) groups is 1. The fourth-order valence-electron chi connectivity index (χ4n) is 4.78. The fraction of sp³-hybridized carbons (Fsp3) is 0.273. The van der Waals surface area contributed by atoms with Gasteiger partial charge < -0.3 is 19.3 Å². The van der Waals surface area contributed by atoms with Crippen molar-refractivity contribution in [3.8, 4) is 17.2 Å². The number of Topliss-reactive ketones (excluding diaryl/α,β-unsaturated/α-hetero) is 1. The number of hydrogen-bond donors (Lipinski definition) is 1. The van der Waals surface area contributed by atoms with E-state index in [1.54, 1.807) is 42.5 Å². The van der Waals surface area contributed by atoms with E-state index in [4.69, 9.17) is 25.8 Å². The Morgan fingerprint density at radius 1 is 0.956 bits per heavy atom. The Hall–Kier alpha value is -4.06. The van der Waals surface area contributed by atoms with Crippen molar-refractivity contribution in [2.45, 2.75) is 43.3 Å². The van der Waals surface area contributed by atoms with Gasteiger partial charge in [0, 0.05) is 16.3 Å². The van der Waals surface area contributed by atoms with E-state index in [-0.39, 0.29) is 16.5 Å². The molecule has 1 N–H and O–H groups in total. The molecule has 1 unspecified atom stereocenters. The first-order valence-corrected chi connectivity index (χ1v) is 16.7. The molecule has 1 aromatic heterocycles.